The predicted molar refractivity (Wildman–Crippen MR) is 75.0 cm³/mol. The summed E-state index contributed by atoms with van der Waals surface area (Å²) >= 11 is 0. The van der Waals surface area contributed by atoms with Gasteiger partial charge in [-0.05, 0) is 26.9 Å². The van der Waals surface area contributed by atoms with E-state index < -0.39 is 0 Å². The molecule has 0 saturated heterocycles. The second-order valence-electron chi connectivity index (χ2n) is 5.32. The summed E-state index contributed by atoms with van der Waals surface area (Å²) in [5, 5.41) is 0. The summed E-state index contributed by atoms with van der Waals surface area (Å²) in [4.78, 5) is 2.43. The first kappa shape index (κ1) is 16.0. The van der Waals surface area contributed by atoms with Crippen molar-refractivity contribution in [2.45, 2.75) is 84.1 Å². The third kappa shape index (κ3) is 9.21. The highest BCUT2D eigenvalue weighted by atomic mass is 15.1. The normalized spacial score (nSPS) is 13.3. The van der Waals surface area contributed by atoms with Crippen LogP contribution in [0.2, 0.25) is 0 Å². The molecule has 0 spiro atoms. The first-order valence-electron chi connectivity index (χ1n) is 7.38. The molecular formula is C15H33N. The van der Waals surface area contributed by atoms with Crippen LogP contribution in [0.1, 0.15) is 78.1 Å². The highest BCUT2D eigenvalue weighted by Crippen LogP contribution is 2.15. The van der Waals surface area contributed by atoms with Gasteiger partial charge in [-0.3, -0.25) is 0 Å². The van der Waals surface area contributed by atoms with E-state index in [1.54, 1.807) is 0 Å². The lowest BCUT2D eigenvalue weighted by Crippen LogP contribution is -2.27. The van der Waals surface area contributed by atoms with Crippen LogP contribution < -0.4 is 0 Å². The molecule has 0 fully saturated rings. The molecule has 98 valence electrons. The smallest absolute Gasteiger partial charge is 0.00891 e. The highest BCUT2D eigenvalue weighted by Gasteiger charge is 2.09. The molecule has 0 rings (SSSR count). The van der Waals surface area contributed by atoms with Crippen LogP contribution in [0, 0.1) is 0 Å². The Hall–Kier alpha value is -0.0400. The Kier molecular flexibility index (Phi) is 11.4. The number of hydrogen-bond acceptors (Lipinski definition) is 1. The summed E-state index contributed by atoms with van der Waals surface area (Å²) in [6.45, 7) is 4.57. The zero-order chi connectivity index (χ0) is 12.2. The zero-order valence-corrected chi connectivity index (χ0v) is 12.1. The summed E-state index contributed by atoms with van der Waals surface area (Å²) in [7, 11) is 4.48. The fourth-order valence-corrected chi connectivity index (χ4v) is 2.27. The van der Waals surface area contributed by atoms with Gasteiger partial charge in [0.2, 0.25) is 0 Å². The molecule has 0 radical (unpaired) electrons. The molecule has 0 bridgehead atoms. The fourth-order valence-electron chi connectivity index (χ4n) is 2.27. The third-order valence-electron chi connectivity index (χ3n) is 3.51. The number of rotatable bonds is 11. The maximum absolute atomic E-state index is 2.43. The summed E-state index contributed by atoms with van der Waals surface area (Å²) in [5.74, 6) is 0. The van der Waals surface area contributed by atoms with Crippen molar-refractivity contribution in [3.05, 3.63) is 0 Å². The molecule has 0 aliphatic carbocycles. The molecule has 0 amide bonds. The molecule has 0 aromatic carbocycles. The van der Waals surface area contributed by atoms with Crippen LogP contribution in [-0.2, 0) is 0 Å². The van der Waals surface area contributed by atoms with Crippen molar-refractivity contribution < 1.29 is 0 Å². The lowest BCUT2D eigenvalue weighted by molar-refractivity contribution is 0.252. The SMILES string of the molecule is CCCCCCCC(CCCCC)N(C)C. The van der Waals surface area contributed by atoms with E-state index in [1.165, 1.54) is 64.2 Å². The molecule has 0 saturated carbocycles. The van der Waals surface area contributed by atoms with Gasteiger partial charge in [-0.2, -0.15) is 0 Å². The van der Waals surface area contributed by atoms with E-state index in [1.807, 2.05) is 0 Å². The van der Waals surface area contributed by atoms with Crippen LogP contribution in [0.25, 0.3) is 0 Å². The van der Waals surface area contributed by atoms with Gasteiger partial charge in [0.1, 0.15) is 0 Å². The topological polar surface area (TPSA) is 3.24 Å². The van der Waals surface area contributed by atoms with E-state index in [2.05, 4.69) is 32.8 Å². The third-order valence-corrected chi connectivity index (χ3v) is 3.51. The molecule has 0 aromatic heterocycles. The summed E-state index contributed by atoms with van der Waals surface area (Å²) < 4.78 is 0. The van der Waals surface area contributed by atoms with Gasteiger partial charge in [-0.15, -0.1) is 0 Å². The Bertz CT molecular complexity index is 131. The van der Waals surface area contributed by atoms with E-state index >= 15 is 0 Å². The zero-order valence-electron chi connectivity index (χ0n) is 12.1. The molecule has 1 nitrogen and oxygen atoms in total. The molecule has 1 heteroatoms. The summed E-state index contributed by atoms with van der Waals surface area (Å²) in [6.07, 6.45) is 14.0. The first-order chi connectivity index (χ1) is 7.72. The van der Waals surface area contributed by atoms with Crippen LogP contribution in [0.4, 0.5) is 0 Å². The maximum atomic E-state index is 2.43. The molecule has 0 aliphatic rings. The Balaban J connectivity index is 3.52. The molecule has 1 atom stereocenters. The lowest BCUT2D eigenvalue weighted by Gasteiger charge is -2.24. The highest BCUT2D eigenvalue weighted by molar-refractivity contribution is 4.66. The van der Waals surface area contributed by atoms with Crippen LogP contribution in [-0.4, -0.2) is 25.0 Å². The molecule has 0 aromatic rings. The van der Waals surface area contributed by atoms with Gasteiger partial charge in [0.05, 0.1) is 0 Å². The molecule has 0 heterocycles. The number of unbranched alkanes of at least 4 members (excludes halogenated alkanes) is 6. The van der Waals surface area contributed by atoms with E-state index in [0.717, 1.165) is 6.04 Å². The van der Waals surface area contributed by atoms with Crippen molar-refractivity contribution >= 4 is 0 Å². The average molecular weight is 227 g/mol. The van der Waals surface area contributed by atoms with Gasteiger partial charge >= 0.3 is 0 Å². The molecule has 0 N–H and O–H groups in total. The van der Waals surface area contributed by atoms with Gasteiger partial charge in [0.15, 0.2) is 0 Å². The van der Waals surface area contributed by atoms with E-state index in [9.17, 15) is 0 Å². The van der Waals surface area contributed by atoms with E-state index in [4.69, 9.17) is 0 Å². The average Bonchev–Trinajstić information content (AvgIpc) is 2.26. The van der Waals surface area contributed by atoms with Gasteiger partial charge in [0, 0.05) is 6.04 Å². The van der Waals surface area contributed by atoms with Crippen molar-refractivity contribution in [2.24, 2.45) is 0 Å². The van der Waals surface area contributed by atoms with E-state index in [-0.39, 0.29) is 0 Å². The van der Waals surface area contributed by atoms with Crippen molar-refractivity contribution in [2.75, 3.05) is 14.1 Å². The quantitative estimate of drug-likeness (QED) is 0.456. The fraction of sp³-hybridized carbons (Fsp3) is 1.00. The summed E-state index contributed by atoms with van der Waals surface area (Å²) in [5.41, 5.74) is 0. The summed E-state index contributed by atoms with van der Waals surface area (Å²) in [6, 6.07) is 0.827. The Morgan fingerprint density at radius 2 is 1.12 bits per heavy atom. The molecule has 1 unspecified atom stereocenters. The van der Waals surface area contributed by atoms with Crippen LogP contribution in [0.3, 0.4) is 0 Å². The van der Waals surface area contributed by atoms with Crippen LogP contribution in [0.5, 0.6) is 0 Å². The van der Waals surface area contributed by atoms with Crippen molar-refractivity contribution in [1.29, 1.82) is 0 Å². The molecule has 16 heavy (non-hydrogen) atoms. The Labute approximate surface area is 104 Å². The minimum absolute atomic E-state index is 0.827. The van der Waals surface area contributed by atoms with Gasteiger partial charge < -0.3 is 4.90 Å². The largest absolute Gasteiger partial charge is 0.306 e. The van der Waals surface area contributed by atoms with Gasteiger partial charge in [-0.1, -0.05) is 65.2 Å². The molecular weight excluding hydrogens is 194 g/mol. The van der Waals surface area contributed by atoms with Crippen LogP contribution >= 0.6 is 0 Å². The van der Waals surface area contributed by atoms with Crippen molar-refractivity contribution in [1.82, 2.24) is 4.90 Å². The second-order valence-corrected chi connectivity index (χ2v) is 5.32. The van der Waals surface area contributed by atoms with E-state index in [0.29, 0.717) is 0 Å². The Morgan fingerprint density at radius 3 is 1.62 bits per heavy atom. The monoisotopic (exact) mass is 227 g/mol. The van der Waals surface area contributed by atoms with Crippen molar-refractivity contribution in [3.8, 4) is 0 Å². The van der Waals surface area contributed by atoms with Gasteiger partial charge in [-0.25, -0.2) is 0 Å². The predicted octanol–water partition coefficient (Wildman–Crippen LogP) is 4.86. The standard InChI is InChI=1S/C15H33N/c1-5-7-9-10-12-14-15(16(3)4)13-11-8-6-2/h15H,5-14H2,1-4H3. The second kappa shape index (κ2) is 11.4. The minimum atomic E-state index is 0.827. The van der Waals surface area contributed by atoms with Crippen LogP contribution in [0.15, 0.2) is 0 Å². The molecule has 0 aliphatic heterocycles. The Morgan fingerprint density at radius 1 is 0.688 bits per heavy atom. The maximum Gasteiger partial charge on any atom is 0.00891 e. The lowest BCUT2D eigenvalue weighted by atomic mass is 10.0. The van der Waals surface area contributed by atoms with Gasteiger partial charge in [0.25, 0.3) is 0 Å². The minimum Gasteiger partial charge on any atom is -0.306 e. The van der Waals surface area contributed by atoms with Crippen molar-refractivity contribution in [3.63, 3.8) is 0 Å². The number of nitrogens with zero attached hydrogens (tertiary/aromatic N) is 1. The first-order valence-corrected chi connectivity index (χ1v) is 7.38. The number of hydrogen-bond donors (Lipinski definition) is 0.